The molecule has 0 bridgehead atoms. The van der Waals surface area contributed by atoms with Crippen LogP contribution in [-0.2, 0) is 16.4 Å². The third-order valence-corrected chi connectivity index (χ3v) is 6.81. The highest BCUT2D eigenvalue weighted by atomic mass is 32.2. The second-order valence-electron chi connectivity index (χ2n) is 6.21. The Labute approximate surface area is 146 Å². The molecule has 0 radical (unpaired) electrons. The highest BCUT2D eigenvalue weighted by Gasteiger charge is 2.34. The van der Waals surface area contributed by atoms with Crippen LogP contribution in [0.25, 0.3) is 10.9 Å². The van der Waals surface area contributed by atoms with E-state index in [0.717, 1.165) is 11.1 Å². The number of sulfonamides is 1. The number of hydrogen-bond acceptors (Lipinski definition) is 3. The molecule has 2 aromatic carbocycles. The van der Waals surface area contributed by atoms with Gasteiger partial charge in [-0.15, -0.1) is 0 Å². The predicted molar refractivity (Wildman–Crippen MR) is 94.2 cm³/mol. The van der Waals surface area contributed by atoms with Gasteiger partial charge in [0.05, 0.1) is 10.4 Å². The molecule has 3 aromatic rings. The fourth-order valence-electron chi connectivity index (χ4n) is 3.52. The van der Waals surface area contributed by atoms with E-state index in [1.54, 1.807) is 49.5 Å². The van der Waals surface area contributed by atoms with Gasteiger partial charge in [0, 0.05) is 24.2 Å². The van der Waals surface area contributed by atoms with Crippen LogP contribution in [0.5, 0.6) is 0 Å². The molecular formula is C19H17FN2O2S. The van der Waals surface area contributed by atoms with Crippen LogP contribution in [0, 0.1) is 5.82 Å². The molecule has 25 heavy (non-hydrogen) atoms. The molecule has 0 saturated carbocycles. The monoisotopic (exact) mass is 356 g/mol. The van der Waals surface area contributed by atoms with Crippen LogP contribution in [0.3, 0.4) is 0 Å². The lowest BCUT2D eigenvalue weighted by atomic mass is 9.95. The van der Waals surface area contributed by atoms with Crippen LogP contribution >= 0.6 is 0 Å². The highest BCUT2D eigenvalue weighted by molar-refractivity contribution is 7.89. The van der Waals surface area contributed by atoms with Gasteiger partial charge in [-0.1, -0.05) is 12.1 Å². The maximum atomic E-state index is 13.6. The smallest absolute Gasteiger partial charge is 0.244 e. The van der Waals surface area contributed by atoms with Crippen LogP contribution in [-0.4, -0.2) is 24.3 Å². The van der Waals surface area contributed by atoms with Crippen molar-refractivity contribution < 1.29 is 12.8 Å². The van der Waals surface area contributed by atoms with Crippen LogP contribution in [0.4, 0.5) is 4.39 Å². The molecule has 0 amide bonds. The Morgan fingerprint density at radius 3 is 2.84 bits per heavy atom. The number of hydrogen-bond donors (Lipinski definition) is 0. The van der Waals surface area contributed by atoms with E-state index in [4.69, 9.17) is 0 Å². The van der Waals surface area contributed by atoms with Crippen molar-refractivity contribution in [3.63, 3.8) is 0 Å². The fraction of sp³-hybridized carbons (Fsp3) is 0.211. The average Bonchev–Trinajstić information content (AvgIpc) is 2.61. The Bertz CT molecular complexity index is 1060. The molecule has 1 aliphatic heterocycles. The van der Waals surface area contributed by atoms with E-state index in [9.17, 15) is 12.8 Å². The SMILES string of the molecule is CC1c2cc(F)ccc2CCN1S(=O)(=O)c1cccc2ncccc12. The van der Waals surface area contributed by atoms with Crippen molar-refractivity contribution in [1.29, 1.82) is 0 Å². The number of fused-ring (bicyclic) bond motifs is 2. The first kappa shape index (κ1) is 16.2. The van der Waals surface area contributed by atoms with Crippen molar-refractivity contribution in [3.8, 4) is 0 Å². The van der Waals surface area contributed by atoms with Gasteiger partial charge in [-0.05, 0) is 60.9 Å². The zero-order valence-electron chi connectivity index (χ0n) is 13.7. The van der Waals surface area contributed by atoms with Crippen LogP contribution < -0.4 is 0 Å². The minimum absolute atomic E-state index is 0.241. The first-order chi connectivity index (χ1) is 12.0. The minimum atomic E-state index is -3.72. The summed E-state index contributed by atoms with van der Waals surface area (Å²) in [6.07, 6.45) is 2.21. The van der Waals surface area contributed by atoms with Gasteiger partial charge in [0.2, 0.25) is 10.0 Å². The van der Waals surface area contributed by atoms with E-state index in [2.05, 4.69) is 4.98 Å². The van der Waals surface area contributed by atoms with Crippen LogP contribution in [0.1, 0.15) is 24.1 Å². The van der Waals surface area contributed by atoms with Gasteiger partial charge in [-0.3, -0.25) is 4.98 Å². The molecule has 1 unspecified atom stereocenters. The second kappa shape index (κ2) is 5.89. The fourth-order valence-corrected chi connectivity index (χ4v) is 5.33. The van der Waals surface area contributed by atoms with Gasteiger partial charge in [0.15, 0.2) is 0 Å². The first-order valence-corrected chi connectivity index (χ1v) is 9.56. The topological polar surface area (TPSA) is 50.3 Å². The molecule has 4 nitrogen and oxygen atoms in total. The Kier molecular flexibility index (Phi) is 3.81. The highest BCUT2D eigenvalue weighted by Crippen LogP contribution is 2.35. The largest absolute Gasteiger partial charge is 0.256 e. The third kappa shape index (κ3) is 2.62. The molecular weight excluding hydrogens is 339 g/mol. The summed E-state index contributed by atoms with van der Waals surface area (Å²) in [5, 5.41) is 0.599. The van der Waals surface area contributed by atoms with E-state index in [1.165, 1.54) is 16.4 Å². The maximum absolute atomic E-state index is 13.6. The minimum Gasteiger partial charge on any atom is -0.256 e. The summed E-state index contributed by atoms with van der Waals surface area (Å²) < 4.78 is 41.7. The molecule has 1 atom stereocenters. The average molecular weight is 356 g/mol. The number of aromatic nitrogens is 1. The summed E-state index contributed by atoms with van der Waals surface area (Å²) in [5.41, 5.74) is 2.37. The molecule has 0 aliphatic carbocycles. The van der Waals surface area contributed by atoms with Crippen LogP contribution in [0.15, 0.2) is 59.6 Å². The molecule has 1 aliphatic rings. The van der Waals surface area contributed by atoms with Gasteiger partial charge in [-0.25, -0.2) is 12.8 Å². The van der Waals surface area contributed by atoms with Crippen molar-refractivity contribution in [2.45, 2.75) is 24.3 Å². The van der Waals surface area contributed by atoms with Gasteiger partial charge < -0.3 is 0 Å². The summed E-state index contributed by atoms with van der Waals surface area (Å²) >= 11 is 0. The quantitative estimate of drug-likeness (QED) is 0.704. The lowest BCUT2D eigenvalue weighted by molar-refractivity contribution is 0.325. The van der Waals surface area contributed by atoms with Crippen molar-refractivity contribution in [3.05, 3.63) is 71.7 Å². The molecule has 6 heteroatoms. The zero-order chi connectivity index (χ0) is 17.6. The molecule has 0 N–H and O–H groups in total. The Hall–Kier alpha value is -2.31. The molecule has 2 heterocycles. The third-order valence-electron chi connectivity index (χ3n) is 4.78. The second-order valence-corrected chi connectivity index (χ2v) is 8.07. The summed E-state index contributed by atoms with van der Waals surface area (Å²) in [6.45, 7) is 2.18. The van der Waals surface area contributed by atoms with E-state index in [1.807, 2.05) is 0 Å². The predicted octanol–water partition coefficient (Wildman–Crippen LogP) is 3.68. The van der Waals surface area contributed by atoms with Crippen LogP contribution in [0.2, 0.25) is 0 Å². The molecule has 128 valence electrons. The van der Waals surface area contributed by atoms with Crippen molar-refractivity contribution >= 4 is 20.9 Å². The standard InChI is InChI=1S/C19H17FN2O2S/c1-13-17-12-15(20)8-7-14(17)9-11-22(13)25(23,24)19-6-2-5-18-16(19)4-3-10-21-18/h2-8,10,12-13H,9,11H2,1H3. The molecule has 0 saturated heterocycles. The van der Waals surface area contributed by atoms with Gasteiger partial charge in [0.1, 0.15) is 5.82 Å². The normalized spacial score (nSPS) is 18.2. The summed E-state index contributed by atoms with van der Waals surface area (Å²) in [7, 11) is -3.72. The summed E-state index contributed by atoms with van der Waals surface area (Å²) in [4.78, 5) is 4.48. The number of nitrogens with zero attached hydrogens (tertiary/aromatic N) is 2. The van der Waals surface area contributed by atoms with Crippen molar-refractivity contribution in [2.24, 2.45) is 0 Å². The van der Waals surface area contributed by atoms with Gasteiger partial charge in [-0.2, -0.15) is 4.31 Å². The Morgan fingerprint density at radius 1 is 1.16 bits per heavy atom. The summed E-state index contributed by atoms with van der Waals surface area (Å²) in [5.74, 6) is -0.348. The molecule has 4 rings (SSSR count). The Balaban J connectivity index is 1.83. The maximum Gasteiger partial charge on any atom is 0.244 e. The summed E-state index contributed by atoms with van der Waals surface area (Å²) in [6, 6.07) is 12.8. The number of halogens is 1. The lowest BCUT2D eigenvalue weighted by Gasteiger charge is -2.34. The Morgan fingerprint density at radius 2 is 2.00 bits per heavy atom. The number of rotatable bonds is 2. The first-order valence-electron chi connectivity index (χ1n) is 8.12. The van der Waals surface area contributed by atoms with Gasteiger partial charge in [0.25, 0.3) is 0 Å². The zero-order valence-corrected chi connectivity index (χ0v) is 14.5. The van der Waals surface area contributed by atoms with Gasteiger partial charge >= 0.3 is 0 Å². The van der Waals surface area contributed by atoms with Crippen molar-refractivity contribution in [1.82, 2.24) is 9.29 Å². The van der Waals surface area contributed by atoms with E-state index < -0.39 is 16.1 Å². The van der Waals surface area contributed by atoms with E-state index >= 15 is 0 Å². The number of benzene rings is 2. The van der Waals surface area contributed by atoms with E-state index in [0.29, 0.717) is 23.9 Å². The van der Waals surface area contributed by atoms with E-state index in [-0.39, 0.29) is 10.7 Å². The molecule has 0 fully saturated rings. The van der Waals surface area contributed by atoms with Crippen molar-refractivity contribution in [2.75, 3.05) is 6.54 Å². The number of pyridine rings is 1. The molecule has 0 spiro atoms. The molecule has 1 aromatic heterocycles. The lowest BCUT2D eigenvalue weighted by Crippen LogP contribution is -2.39.